The number of carbonyl (C=O) groups is 3. The predicted octanol–water partition coefficient (Wildman–Crippen LogP) is 3.24. The van der Waals surface area contributed by atoms with Gasteiger partial charge in [0.25, 0.3) is 5.91 Å². The van der Waals surface area contributed by atoms with Gasteiger partial charge in [0.15, 0.2) is 6.61 Å². The molecule has 0 aliphatic carbocycles. The summed E-state index contributed by atoms with van der Waals surface area (Å²) in [4.78, 5) is 38.8. The van der Waals surface area contributed by atoms with Gasteiger partial charge in [-0.05, 0) is 36.2 Å². The highest BCUT2D eigenvalue weighted by Crippen LogP contribution is 2.31. The van der Waals surface area contributed by atoms with E-state index >= 15 is 0 Å². The Morgan fingerprint density at radius 3 is 2.79 bits per heavy atom. The number of fused-ring (bicyclic) bond motifs is 1. The summed E-state index contributed by atoms with van der Waals surface area (Å²) in [7, 11) is 1.68. The molecule has 2 aromatic rings. The Hall–Kier alpha value is -2.80. The molecule has 0 saturated heterocycles. The highest BCUT2D eigenvalue weighted by atomic mass is 32.2. The first-order valence-corrected chi connectivity index (χ1v) is 9.95. The molecule has 2 amide bonds. The normalized spacial score (nSPS) is 13.1. The van der Waals surface area contributed by atoms with Crippen LogP contribution in [0.1, 0.15) is 27.9 Å². The third-order valence-electron chi connectivity index (χ3n) is 4.50. The number of thioether (sulfide) groups is 1. The van der Waals surface area contributed by atoms with Crippen molar-refractivity contribution in [1.29, 1.82) is 0 Å². The van der Waals surface area contributed by atoms with Crippen LogP contribution in [0, 0.1) is 6.92 Å². The molecule has 0 fully saturated rings. The second-order valence-electron chi connectivity index (χ2n) is 6.61. The Kier molecular flexibility index (Phi) is 6.36. The van der Waals surface area contributed by atoms with Gasteiger partial charge in [0.05, 0.1) is 11.3 Å². The van der Waals surface area contributed by atoms with E-state index in [9.17, 15) is 14.4 Å². The maximum atomic E-state index is 12.3. The van der Waals surface area contributed by atoms with E-state index in [1.165, 1.54) is 4.90 Å². The molecule has 1 heterocycles. The molecule has 1 aliphatic rings. The van der Waals surface area contributed by atoms with Crippen molar-refractivity contribution in [3.8, 4) is 0 Å². The lowest BCUT2D eigenvalue weighted by atomic mass is 10.1. The molecule has 2 aromatic carbocycles. The van der Waals surface area contributed by atoms with Crippen molar-refractivity contribution >= 4 is 35.2 Å². The zero-order chi connectivity index (χ0) is 20.1. The summed E-state index contributed by atoms with van der Waals surface area (Å²) in [6.07, 6.45) is 0.431. The fraction of sp³-hybridized carbons (Fsp3) is 0.286. The molecule has 0 unspecified atom stereocenters. The third-order valence-corrected chi connectivity index (χ3v) is 5.57. The van der Waals surface area contributed by atoms with E-state index in [0.717, 1.165) is 16.0 Å². The maximum absolute atomic E-state index is 12.3. The monoisotopic (exact) mass is 398 g/mol. The summed E-state index contributed by atoms with van der Waals surface area (Å²) in [5.74, 6) is -0.256. The summed E-state index contributed by atoms with van der Waals surface area (Å²) in [6, 6.07) is 12.9. The number of anilines is 1. The van der Waals surface area contributed by atoms with Crippen LogP contribution in [-0.2, 0) is 20.9 Å². The summed E-state index contributed by atoms with van der Waals surface area (Å²) < 4.78 is 5.18. The standard InChI is InChI=1S/C21H22N2O4S/c1-14-5-3-4-6-16(14)12-23(2)20(25)13-27-21(26)15-7-8-18-17(11-15)22-19(24)9-10-28-18/h3-8,11H,9-10,12-13H2,1-2H3,(H,22,24). The molecule has 6 nitrogen and oxygen atoms in total. The van der Waals surface area contributed by atoms with Crippen LogP contribution in [0.25, 0.3) is 0 Å². The largest absolute Gasteiger partial charge is 0.452 e. The second-order valence-corrected chi connectivity index (χ2v) is 7.75. The summed E-state index contributed by atoms with van der Waals surface area (Å²) in [6.45, 7) is 2.10. The van der Waals surface area contributed by atoms with Crippen LogP contribution in [0.15, 0.2) is 47.4 Å². The van der Waals surface area contributed by atoms with Crippen molar-refractivity contribution in [2.45, 2.75) is 24.8 Å². The van der Waals surface area contributed by atoms with E-state index in [1.807, 2.05) is 31.2 Å². The van der Waals surface area contributed by atoms with Gasteiger partial charge >= 0.3 is 5.97 Å². The predicted molar refractivity (Wildman–Crippen MR) is 108 cm³/mol. The summed E-state index contributed by atoms with van der Waals surface area (Å²) in [5, 5.41) is 2.79. The number of hydrogen-bond acceptors (Lipinski definition) is 5. The van der Waals surface area contributed by atoms with Gasteiger partial charge in [0, 0.05) is 30.7 Å². The smallest absolute Gasteiger partial charge is 0.338 e. The first kappa shape index (κ1) is 19.9. The average molecular weight is 398 g/mol. The van der Waals surface area contributed by atoms with Crippen LogP contribution in [0.2, 0.25) is 0 Å². The van der Waals surface area contributed by atoms with Crippen LogP contribution >= 0.6 is 11.8 Å². The number of esters is 1. The van der Waals surface area contributed by atoms with E-state index in [2.05, 4.69) is 5.32 Å². The highest BCUT2D eigenvalue weighted by molar-refractivity contribution is 7.99. The number of aryl methyl sites for hydroxylation is 1. The molecule has 146 valence electrons. The van der Waals surface area contributed by atoms with Gasteiger partial charge in [0.2, 0.25) is 5.91 Å². The molecule has 0 radical (unpaired) electrons. The molecule has 7 heteroatoms. The molecule has 3 rings (SSSR count). The van der Waals surface area contributed by atoms with Gasteiger partial charge in [0.1, 0.15) is 0 Å². The Bertz CT molecular complexity index is 913. The van der Waals surface area contributed by atoms with Crippen LogP contribution in [0.5, 0.6) is 0 Å². The van der Waals surface area contributed by atoms with Crippen molar-refractivity contribution in [2.24, 2.45) is 0 Å². The topological polar surface area (TPSA) is 75.7 Å². The number of benzene rings is 2. The fourth-order valence-corrected chi connectivity index (χ4v) is 3.74. The zero-order valence-electron chi connectivity index (χ0n) is 15.9. The third kappa shape index (κ3) is 4.92. The molecular weight excluding hydrogens is 376 g/mol. The Morgan fingerprint density at radius 1 is 1.21 bits per heavy atom. The average Bonchev–Trinajstić information content (AvgIpc) is 2.87. The molecule has 0 saturated carbocycles. The second kappa shape index (κ2) is 8.93. The molecular formula is C21H22N2O4S. The molecule has 28 heavy (non-hydrogen) atoms. The minimum absolute atomic E-state index is 0.0789. The first-order chi connectivity index (χ1) is 13.4. The summed E-state index contributed by atoms with van der Waals surface area (Å²) in [5.41, 5.74) is 3.05. The Balaban J connectivity index is 1.58. The maximum Gasteiger partial charge on any atom is 0.338 e. The lowest BCUT2D eigenvalue weighted by molar-refractivity contribution is -0.133. The highest BCUT2D eigenvalue weighted by Gasteiger charge is 2.18. The molecule has 0 atom stereocenters. The lowest BCUT2D eigenvalue weighted by Gasteiger charge is -2.18. The minimum Gasteiger partial charge on any atom is -0.452 e. The van der Waals surface area contributed by atoms with E-state index in [4.69, 9.17) is 4.74 Å². The van der Waals surface area contributed by atoms with Crippen molar-refractivity contribution < 1.29 is 19.1 Å². The van der Waals surface area contributed by atoms with Crippen molar-refractivity contribution in [2.75, 3.05) is 24.7 Å². The van der Waals surface area contributed by atoms with Gasteiger partial charge in [-0.2, -0.15) is 0 Å². The number of likely N-dealkylation sites (N-methyl/N-ethyl adjacent to an activating group) is 1. The molecule has 0 aromatic heterocycles. The quantitative estimate of drug-likeness (QED) is 0.783. The van der Waals surface area contributed by atoms with Crippen molar-refractivity contribution in [3.05, 3.63) is 59.2 Å². The molecule has 0 bridgehead atoms. The van der Waals surface area contributed by atoms with Gasteiger partial charge in [-0.3, -0.25) is 9.59 Å². The number of ether oxygens (including phenoxy) is 1. The van der Waals surface area contributed by atoms with Gasteiger partial charge < -0.3 is 15.0 Å². The van der Waals surface area contributed by atoms with Crippen LogP contribution in [0.4, 0.5) is 5.69 Å². The van der Waals surface area contributed by atoms with Gasteiger partial charge in [-0.25, -0.2) is 4.79 Å². The van der Waals surface area contributed by atoms with Gasteiger partial charge in [-0.15, -0.1) is 11.8 Å². The molecule has 1 N–H and O–H groups in total. The molecule has 0 spiro atoms. The van der Waals surface area contributed by atoms with E-state index < -0.39 is 5.97 Å². The minimum atomic E-state index is -0.594. The van der Waals surface area contributed by atoms with Gasteiger partial charge in [-0.1, -0.05) is 24.3 Å². The molecule has 1 aliphatic heterocycles. The first-order valence-electron chi connectivity index (χ1n) is 8.96. The number of amides is 2. The van der Waals surface area contributed by atoms with Crippen LogP contribution in [0.3, 0.4) is 0 Å². The van der Waals surface area contributed by atoms with Crippen molar-refractivity contribution in [1.82, 2.24) is 4.90 Å². The Labute approximate surface area is 168 Å². The fourth-order valence-electron chi connectivity index (χ4n) is 2.80. The van der Waals surface area contributed by atoms with Crippen LogP contribution < -0.4 is 5.32 Å². The lowest BCUT2D eigenvalue weighted by Crippen LogP contribution is -2.31. The number of nitrogens with one attached hydrogen (secondary N) is 1. The SMILES string of the molecule is Cc1ccccc1CN(C)C(=O)COC(=O)c1ccc2c(c1)NC(=O)CCS2. The van der Waals surface area contributed by atoms with Crippen molar-refractivity contribution in [3.63, 3.8) is 0 Å². The van der Waals surface area contributed by atoms with E-state index in [-0.39, 0.29) is 18.4 Å². The number of carbonyl (C=O) groups excluding carboxylic acids is 3. The Morgan fingerprint density at radius 2 is 2.00 bits per heavy atom. The number of nitrogens with zero attached hydrogens (tertiary/aromatic N) is 1. The number of rotatable bonds is 5. The number of hydrogen-bond donors (Lipinski definition) is 1. The van der Waals surface area contributed by atoms with E-state index in [1.54, 1.807) is 37.0 Å². The zero-order valence-corrected chi connectivity index (χ0v) is 16.7. The van der Waals surface area contributed by atoms with E-state index in [0.29, 0.717) is 30.0 Å². The van der Waals surface area contributed by atoms with Crippen LogP contribution in [-0.4, -0.2) is 42.1 Å². The summed E-state index contributed by atoms with van der Waals surface area (Å²) >= 11 is 1.56.